The number of carboxylic acids is 1. The first-order chi connectivity index (χ1) is 10.1. The van der Waals surface area contributed by atoms with Crippen LogP contribution >= 0.6 is 0 Å². The van der Waals surface area contributed by atoms with Crippen LogP contribution in [0.5, 0.6) is 0 Å². The third-order valence-corrected chi connectivity index (χ3v) is 4.31. The van der Waals surface area contributed by atoms with Crippen molar-refractivity contribution >= 4 is 12.0 Å². The fraction of sp³-hybridized carbons (Fsp3) is 0.867. The maximum absolute atomic E-state index is 12.1. The molecule has 0 spiro atoms. The van der Waals surface area contributed by atoms with Gasteiger partial charge in [-0.2, -0.15) is 0 Å². The zero-order valence-corrected chi connectivity index (χ0v) is 12.7. The van der Waals surface area contributed by atoms with Gasteiger partial charge in [0, 0.05) is 26.2 Å². The summed E-state index contributed by atoms with van der Waals surface area (Å²) < 4.78 is 5.63. The average Bonchev–Trinajstić information content (AvgIpc) is 2.47. The quantitative estimate of drug-likeness (QED) is 0.828. The molecule has 6 nitrogen and oxygen atoms in total. The van der Waals surface area contributed by atoms with Gasteiger partial charge in [0.05, 0.1) is 12.0 Å². The highest BCUT2D eigenvalue weighted by molar-refractivity contribution is 5.76. The number of ether oxygens (including phenoxy) is 1. The van der Waals surface area contributed by atoms with Gasteiger partial charge < -0.3 is 20.1 Å². The van der Waals surface area contributed by atoms with Gasteiger partial charge in [0.2, 0.25) is 0 Å². The molecule has 0 saturated carbocycles. The third-order valence-electron chi connectivity index (χ3n) is 4.31. The van der Waals surface area contributed by atoms with E-state index in [4.69, 9.17) is 9.84 Å². The molecule has 2 aliphatic rings. The summed E-state index contributed by atoms with van der Waals surface area (Å²) >= 11 is 0. The molecule has 3 atom stereocenters. The number of amides is 2. The predicted molar refractivity (Wildman–Crippen MR) is 78.1 cm³/mol. The van der Waals surface area contributed by atoms with Crippen LogP contribution in [0, 0.1) is 11.8 Å². The number of rotatable bonds is 4. The second kappa shape index (κ2) is 7.64. The molecule has 3 unspecified atom stereocenters. The van der Waals surface area contributed by atoms with E-state index in [0.717, 1.165) is 25.9 Å². The number of nitrogens with one attached hydrogen (secondary N) is 1. The first kappa shape index (κ1) is 16.1. The maximum atomic E-state index is 12.1. The Morgan fingerprint density at radius 2 is 2.14 bits per heavy atom. The molecule has 0 aromatic rings. The maximum Gasteiger partial charge on any atom is 0.317 e. The number of carbonyl (C=O) groups is 2. The van der Waals surface area contributed by atoms with Crippen molar-refractivity contribution in [2.24, 2.45) is 11.8 Å². The Hall–Kier alpha value is -1.30. The van der Waals surface area contributed by atoms with Crippen molar-refractivity contribution in [3.8, 4) is 0 Å². The molecule has 0 bridgehead atoms. The minimum Gasteiger partial charge on any atom is -0.481 e. The molecule has 120 valence electrons. The summed E-state index contributed by atoms with van der Waals surface area (Å²) in [6.45, 7) is 4.35. The van der Waals surface area contributed by atoms with Crippen LogP contribution in [0.2, 0.25) is 0 Å². The first-order valence-electron chi connectivity index (χ1n) is 7.93. The van der Waals surface area contributed by atoms with Crippen molar-refractivity contribution in [3.05, 3.63) is 0 Å². The van der Waals surface area contributed by atoms with Crippen LogP contribution in [0.4, 0.5) is 4.79 Å². The van der Waals surface area contributed by atoms with Gasteiger partial charge in [0.15, 0.2) is 0 Å². The van der Waals surface area contributed by atoms with Crippen LogP contribution in [-0.4, -0.2) is 54.4 Å². The second-order valence-electron chi connectivity index (χ2n) is 6.29. The molecule has 2 amide bonds. The molecule has 2 fully saturated rings. The van der Waals surface area contributed by atoms with Crippen LogP contribution in [0.3, 0.4) is 0 Å². The minimum absolute atomic E-state index is 0.149. The zero-order valence-electron chi connectivity index (χ0n) is 12.7. The molecule has 2 aliphatic heterocycles. The van der Waals surface area contributed by atoms with Crippen molar-refractivity contribution in [2.75, 3.05) is 26.2 Å². The molecule has 2 heterocycles. The summed E-state index contributed by atoms with van der Waals surface area (Å²) in [5.74, 6) is -1.02. The van der Waals surface area contributed by atoms with Gasteiger partial charge in [-0.3, -0.25) is 4.79 Å². The lowest BCUT2D eigenvalue weighted by molar-refractivity contribution is -0.143. The van der Waals surface area contributed by atoms with E-state index < -0.39 is 11.9 Å². The number of hydrogen-bond donors (Lipinski definition) is 2. The van der Waals surface area contributed by atoms with Crippen LogP contribution in [-0.2, 0) is 9.53 Å². The number of piperidine rings is 1. The summed E-state index contributed by atoms with van der Waals surface area (Å²) in [6, 6.07) is -0.149. The monoisotopic (exact) mass is 298 g/mol. The topological polar surface area (TPSA) is 78.9 Å². The molecule has 2 saturated heterocycles. The number of urea groups is 1. The van der Waals surface area contributed by atoms with Crippen LogP contribution in [0.1, 0.15) is 39.0 Å². The van der Waals surface area contributed by atoms with Gasteiger partial charge >= 0.3 is 12.0 Å². The Morgan fingerprint density at radius 3 is 2.81 bits per heavy atom. The van der Waals surface area contributed by atoms with Gasteiger partial charge in [-0.05, 0) is 38.0 Å². The van der Waals surface area contributed by atoms with E-state index in [-0.39, 0.29) is 18.1 Å². The molecule has 0 radical (unpaired) electrons. The van der Waals surface area contributed by atoms with Gasteiger partial charge in [-0.15, -0.1) is 0 Å². The predicted octanol–water partition coefficient (Wildman–Crippen LogP) is 1.70. The molecule has 2 N–H and O–H groups in total. The average molecular weight is 298 g/mol. The van der Waals surface area contributed by atoms with E-state index in [1.54, 1.807) is 4.90 Å². The van der Waals surface area contributed by atoms with E-state index in [0.29, 0.717) is 26.1 Å². The van der Waals surface area contributed by atoms with Crippen molar-refractivity contribution in [2.45, 2.75) is 45.1 Å². The molecular weight excluding hydrogens is 272 g/mol. The minimum atomic E-state index is -0.810. The third kappa shape index (κ3) is 4.88. The van der Waals surface area contributed by atoms with Crippen molar-refractivity contribution in [3.63, 3.8) is 0 Å². The Balaban J connectivity index is 1.72. The van der Waals surface area contributed by atoms with E-state index in [1.807, 2.05) is 6.92 Å². The Kier molecular flexibility index (Phi) is 5.85. The molecule has 0 aliphatic carbocycles. The van der Waals surface area contributed by atoms with Crippen molar-refractivity contribution in [1.82, 2.24) is 10.2 Å². The zero-order chi connectivity index (χ0) is 15.2. The molecule has 0 aromatic carbocycles. The van der Waals surface area contributed by atoms with E-state index in [9.17, 15) is 9.59 Å². The Bertz CT molecular complexity index is 369. The molecule has 0 aromatic heterocycles. The first-order valence-corrected chi connectivity index (χ1v) is 7.93. The van der Waals surface area contributed by atoms with Gasteiger partial charge in [0.1, 0.15) is 0 Å². The van der Waals surface area contributed by atoms with E-state index >= 15 is 0 Å². The second-order valence-corrected chi connectivity index (χ2v) is 6.29. The molecular formula is C15H26N2O4. The normalized spacial score (nSPS) is 30.0. The fourth-order valence-electron chi connectivity index (χ4n) is 3.18. The smallest absolute Gasteiger partial charge is 0.317 e. The van der Waals surface area contributed by atoms with Gasteiger partial charge in [-0.25, -0.2) is 4.79 Å². The lowest BCUT2D eigenvalue weighted by atomic mass is 9.91. The number of carbonyl (C=O) groups excluding carboxylic acids is 1. The number of likely N-dealkylation sites (tertiary alicyclic amines) is 1. The standard InChI is InChI=1S/C15H26N2O4/c1-11-8-12(14(18)19)10-17(9-11)15(20)16-6-5-13-4-2-3-7-21-13/h11-13H,2-10H2,1H3,(H,16,20)(H,18,19). The number of carboxylic acid groups (broad SMARTS) is 1. The summed E-state index contributed by atoms with van der Waals surface area (Å²) in [7, 11) is 0. The highest BCUT2D eigenvalue weighted by atomic mass is 16.5. The summed E-state index contributed by atoms with van der Waals surface area (Å²) in [6.07, 6.45) is 5.13. The van der Waals surface area contributed by atoms with Gasteiger partial charge in [0.25, 0.3) is 0 Å². The van der Waals surface area contributed by atoms with E-state index in [2.05, 4.69) is 5.32 Å². The number of nitrogens with zero attached hydrogens (tertiary/aromatic N) is 1. The lowest BCUT2D eigenvalue weighted by Crippen LogP contribution is -2.49. The van der Waals surface area contributed by atoms with E-state index in [1.165, 1.54) is 6.42 Å². The molecule has 6 heteroatoms. The Labute approximate surface area is 125 Å². The van der Waals surface area contributed by atoms with Crippen molar-refractivity contribution in [1.29, 1.82) is 0 Å². The van der Waals surface area contributed by atoms with Crippen LogP contribution < -0.4 is 5.32 Å². The SMILES string of the molecule is CC1CC(C(=O)O)CN(C(=O)NCCC2CCCCO2)C1. The van der Waals surface area contributed by atoms with Crippen LogP contribution in [0.15, 0.2) is 0 Å². The molecule has 2 rings (SSSR count). The summed E-state index contributed by atoms with van der Waals surface area (Å²) in [4.78, 5) is 24.9. The number of hydrogen-bond acceptors (Lipinski definition) is 3. The summed E-state index contributed by atoms with van der Waals surface area (Å²) in [5, 5.41) is 12.0. The van der Waals surface area contributed by atoms with Crippen molar-refractivity contribution < 1.29 is 19.4 Å². The highest BCUT2D eigenvalue weighted by Crippen LogP contribution is 2.21. The summed E-state index contributed by atoms with van der Waals surface area (Å²) in [5.41, 5.74) is 0. The Morgan fingerprint density at radius 1 is 1.33 bits per heavy atom. The molecule has 21 heavy (non-hydrogen) atoms. The highest BCUT2D eigenvalue weighted by Gasteiger charge is 2.31. The van der Waals surface area contributed by atoms with Gasteiger partial charge in [-0.1, -0.05) is 6.92 Å². The number of aliphatic carboxylic acids is 1. The largest absolute Gasteiger partial charge is 0.481 e. The van der Waals surface area contributed by atoms with Crippen LogP contribution in [0.25, 0.3) is 0 Å². The fourth-order valence-corrected chi connectivity index (χ4v) is 3.18. The lowest BCUT2D eigenvalue weighted by Gasteiger charge is -2.34.